The van der Waals surface area contributed by atoms with Gasteiger partial charge in [0.25, 0.3) is 0 Å². The van der Waals surface area contributed by atoms with Crippen molar-refractivity contribution < 1.29 is 0 Å². The minimum atomic E-state index is 0.464. The van der Waals surface area contributed by atoms with Gasteiger partial charge in [0, 0.05) is 31.9 Å². The molecule has 0 amide bonds. The summed E-state index contributed by atoms with van der Waals surface area (Å²) >= 11 is 6.41. The predicted octanol–water partition coefficient (Wildman–Crippen LogP) is 4.11. The molecule has 0 saturated carbocycles. The molecular weight excluding hydrogens is 270 g/mol. The summed E-state index contributed by atoms with van der Waals surface area (Å²) in [4.78, 5) is 6.83. The molecular formula is C16H28ClN3. The first kappa shape index (κ1) is 17.3. The second-order valence-electron chi connectivity index (χ2n) is 5.74. The molecule has 20 heavy (non-hydrogen) atoms. The number of halogens is 1. The van der Waals surface area contributed by atoms with E-state index in [0.717, 1.165) is 36.0 Å². The molecule has 1 unspecified atom stereocenters. The molecule has 1 aromatic heterocycles. The molecule has 4 heteroatoms. The van der Waals surface area contributed by atoms with E-state index in [1.807, 2.05) is 12.3 Å². The maximum absolute atomic E-state index is 6.41. The van der Waals surface area contributed by atoms with E-state index in [9.17, 15) is 0 Å². The van der Waals surface area contributed by atoms with Crippen LogP contribution >= 0.6 is 11.6 Å². The number of nitrogens with one attached hydrogen (secondary N) is 1. The molecule has 0 aliphatic carbocycles. The van der Waals surface area contributed by atoms with Crippen molar-refractivity contribution in [3.63, 3.8) is 0 Å². The van der Waals surface area contributed by atoms with Crippen molar-refractivity contribution in [2.45, 2.75) is 53.6 Å². The van der Waals surface area contributed by atoms with E-state index in [4.69, 9.17) is 11.6 Å². The molecule has 0 aromatic carbocycles. The van der Waals surface area contributed by atoms with Gasteiger partial charge in [0.2, 0.25) is 0 Å². The highest BCUT2D eigenvalue weighted by Gasteiger charge is 2.13. The molecule has 1 rings (SSSR count). The maximum Gasteiger partial charge on any atom is 0.147 e. The van der Waals surface area contributed by atoms with E-state index in [1.54, 1.807) is 0 Å². The zero-order valence-electron chi connectivity index (χ0n) is 13.4. The van der Waals surface area contributed by atoms with Crippen molar-refractivity contribution >= 4 is 17.4 Å². The van der Waals surface area contributed by atoms with Gasteiger partial charge in [-0.3, -0.25) is 0 Å². The number of nitrogens with zero attached hydrogens (tertiary/aromatic N) is 2. The van der Waals surface area contributed by atoms with Gasteiger partial charge in [-0.2, -0.15) is 0 Å². The van der Waals surface area contributed by atoms with Gasteiger partial charge in [0.05, 0.1) is 5.02 Å². The fourth-order valence-electron chi connectivity index (χ4n) is 1.99. The first-order valence-electron chi connectivity index (χ1n) is 7.60. The van der Waals surface area contributed by atoms with Crippen LogP contribution in [0.1, 0.15) is 46.6 Å². The SMILES string of the molecule is CCC(C)CN(CC)c1ncc(CNC(C)C)cc1Cl. The van der Waals surface area contributed by atoms with Crippen LogP contribution in [0.2, 0.25) is 5.02 Å². The number of rotatable bonds is 8. The highest BCUT2D eigenvalue weighted by molar-refractivity contribution is 6.33. The van der Waals surface area contributed by atoms with Crippen molar-refractivity contribution in [2.24, 2.45) is 5.92 Å². The average Bonchev–Trinajstić information content (AvgIpc) is 2.42. The lowest BCUT2D eigenvalue weighted by Crippen LogP contribution is -2.29. The Morgan fingerprint density at radius 2 is 2.00 bits per heavy atom. The van der Waals surface area contributed by atoms with E-state index in [-0.39, 0.29) is 0 Å². The number of hydrogen-bond donors (Lipinski definition) is 1. The summed E-state index contributed by atoms with van der Waals surface area (Å²) in [5, 5.41) is 4.13. The largest absolute Gasteiger partial charge is 0.355 e. The fourth-order valence-corrected chi connectivity index (χ4v) is 2.30. The van der Waals surface area contributed by atoms with Crippen molar-refractivity contribution in [1.29, 1.82) is 0 Å². The van der Waals surface area contributed by atoms with E-state index >= 15 is 0 Å². The molecule has 0 saturated heterocycles. The average molecular weight is 298 g/mol. The predicted molar refractivity (Wildman–Crippen MR) is 88.6 cm³/mol. The minimum absolute atomic E-state index is 0.464. The lowest BCUT2D eigenvalue weighted by atomic mass is 10.1. The summed E-state index contributed by atoms with van der Waals surface area (Å²) in [6.45, 7) is 13.6. The third-order valence-corrected chi connectivity index (χ3v) is 3.78. The molecule has 114 valence electrons. The van der Waals surface area contributed by atoms with Crippen LogP contribution in [-0.2, 0) is 6.54 Å². The monoisotopic (exact) mass is 297 g/mol. The Hall–Kier alpha value is -0.800. The molecule has 1 heterocycles. The lowest BCUT2D eigenvalue weighted by Gasteiger charge is -2.26. The van der Waals surface area contributed by atoms with Crippen LogP contribution in [0.5, 0.6) is 0 Å². The van der Waals surface area contributed by atoms with Crippen LogP contribution in [0.4, 0.5) is 5.82 Å². The molecule has 0 aliphatic heterocycles. The summed E-state index contributed by atoms with van der Waals surface area (Å²) in [7, 11) is 0. The molecule has 0 fully saturated rings. The highest BCUT2D eigenvalue weighted by atomic mass is 35.5. The summed E-state index contributed by atoms with van der Waals surface area (Å²) in [6, 6.07) is 2.49. The van der Waals surface area contributed by atoms with Gasteiger partial charge in [0.1, 0.15) is 5.82 Å². The van der Waals surface area contributed by atoms with Crippen molar-refractivity contribution in [3.05, 3.63) is 22.8 Å². The maximum atomic E-state index is 6.41. The Balaban J connectivity index is 2.79. The van der Waals surface area contributed by atoms with Crippen molar-refractivity contribution in [2.75, 3.05) is 18.0 Å². The highest BCUT2D eigenvalue weighted by Crippen LogP contribution is 2.25. The van der Waals surface area contributed by atoms with E-state index < -0.39 is 0 Å². The number of anilines is 1. The van der Waals surface area contributed by atoms with Gasteiger partial charge >= 0.3 is 0 Å². The first-order chi connectivity index (χ1) is 9.47. The van der Waals surface area contributed by atoms with Crippen LogP contribution < -0.4 is 10.2 Å². The Labute approximate surface area is 128 Å². The van der Waals surface area contributed by atoms with E-state index in [1.165, 1.54) is 6.42 Å². The van der Waals surface area contributed by atoms with E-state index in [0.29, 0.717) is 12.0 Å². The lowest BCUT2D eigenvalue weighted by molar-refractivity contribution is 0.545. The van der Waals surface area contributed by atoms with Crippen LogP contribution in [-0.4, -0.2) is 24.1 Å². The second-order valence-corrected chi connectivity index (χ2v) is 6.14. The van der Waals surface area contributed by atoms with Gasteiger partial charge in [0.15, 0.2) is 0 Å². The standard InChI is InChI=1S/C16H28ClN3/c1-6-13(5)11-20(7-2)16-15(17)8-14(10-19-16)9-18-12(3)4/h8,10,12-13,18H,6-7,9,11H2,1-5H3. The number of aromatic nitrogens is 1. The molecule has 1 atom stereocenters. The summed E-state index contributed by atoms with van der Waals surface area (Å²) in [6.07, 6.45) is 3.10. The van der Waals surface area contributed by atoms with Gasteiger partial charge < -0.3 is 10.2 Å². The molecule has 1 N–H and O–H groups in total. The van der Waals surface area contributed by atoms with Gasteiger partial charge in [-0.05, 0) is 24.5 Å². The van der Waals surface area contributed by atoms with E-state index in [2.05, 4.69) is 49.8 Å². The summed E-state index contributed by atoms with van der Waals surface area (Å²) in [5.41, 5.74) is 1.13. The first-order valence-corrected chi connectivity index (χ1v) is 7.98. The zero-order chi connectivity index (χ0) is 15.1. The molecule has 1 aromatic rings. The zero-order valence-corrected chi connectivity index (χ0v) is 14.2. The Morgan fingerprint density at radius 3 is 2.50 bits per heavy atom. The normalized spacial score (nSPS) is 12.8. The molecule has 3 nitrogen and oxygen atoms in total. The molecule has 0 spiro atoms. The van der Waals surface area contributed by atoms with Crippen LogP contribution in [0, 0.1) is 5.92 Å². The fraction of sp³-hybridized carbons (Fsp3) is 0.688. The van der Waals surface area contributed by atoms with Gasteiger partial charge in [-0.15, -0.1) is 0 Å². The molecule has 0 aliphatic rings. The minimum Gasteiger partial charge on any atom is -0.355 e. The number of pyridine rings is 1. The summed E-state index contributed by atoms with van der Waals surface area (Å²) in [5.74, 6) is 1.55. The van der Waals surface area contributed by atoms with Gasteiger partial charge in [-0.25, -0.2) is 4.98 Å². The quantitative estimate of drug-likeness (QED) is 0.783. The third kappa shape index (κ3) is 5.29. The van der Waals surface area contributed by atoms with Crippen LogP contribution in [0.25, 0.3) is 0 Å². The van der Waals surface area contributed by atoms with Crippen LogP contribution in [0.3, 0.4) is 0 Å². The Kier molecular flexibility index (Phi) is 7.31. The Bertz CT molecular complexity index is 407. The van der Waals surface area contributed by atoms with Crippen molar-refractivity contribution in [3.8, 4) is 0 Å². The van der Waals surface area contributed by atoms with Gasteiger partial charge in [-0.1, -0.05) is 45.7 Å². The Morgan fingerprint density at radius 1 is 1.30 bits per heavy atom. The molecule has 0 bridgehead atoms. The topological polar surface area (TPSA) is 28.2 Å². The summed E-state index contributed by atoms with van der Waals surface area (Å²) < 4.78 is 0. The van der Waals surface area contributed by atoms with Crippen LogP contribution in [0.15, 0.2) is 12.3 Å². The third-order valence-electron chi connectivity index (χ3n) is 3.50. The second kappa shape index (κ2) is 8.48. The van der Waals surface area contributed by atoms with Crippen molar-refractivity contribution in [1.82, 2.24) is 10.3 Å². The molecule has 0 radical (unpaired) electrons. The smallest absolute Gasteiger partial charge is 0.147 e. The number of hydrogen-bond acceptors (Lipinski definition) is 3.